The first-order valence-corrected chi connectivity index (χ1v) is 10.2. The lowest BCUT2D eigenvalue weighted by atomic mass is 9.96. The van der Waals surface area contributed by atoms with E-state index in [2.05, 4.69) is 34.8 Å². The fourth-order valence-corrected chi connectivity index (χ4v) is 4.84. The van der Waals surface area contributed by atoms with Crippen LogP contribution in [0.25, 0.3) is 0 Å². The van der Waals surface area contributed by atoms with Crippen LogP contribution in [0.4, 0.5) is 13.2 Å². The molecule has 2 aliphatic rings. The molecule has 0 unspecified atom stereocenters. The Kier molecular flexibility index (Phi) is 5.41. The maximum absolute atomic E-state index is 12.8. The van der Waals surface area contributed by atoms with Crippen LogP contribution < -0.4 is 4.74 Å². The second-order valence-electron chi connectivity index (χ2n) is 8.27. The van der Waals surface area contributed by atoms with Crippen LogP contribution in [0.5, 0.6) is 5.75 Å². The second-order valence-corrected chi connectivity index (χ2v) is 8.27. The molecule has 0 saturated carbocycles. The Morgan fingerprint density at radius 3 is 2.35 bits per heavy atom. The van der Waals surface area contributed by atoms with Gasteiger partial charge in [-0.05, 0) is 49.9 Å². The molecule has 0 spiro atoms. The number of rotatable bonds is 4. The van der Waals surface area contributed by atoms with E-state index in [1.54, 1.807) is 12.0 Å². The van der Waals surface area contributed by atoms with E-state index in [0.29, 0.717) is 6.54 Å². The monoisotopic (exact) mass is 434 g/mol. The predicted octanol–water partition coefficient (Wildman–Crippen LogP) is 3.78. The smallest absolute Gasteiger partial charge is 0.451 e. The van der Waals surface area contributed by atoms with E-state index < -0.39 is 12.0 Å². The van der Waals surface area contributed by atoms with Crippen LogP contribution in [0.15, 0.2) is 24.5 Å². The third-order valence-corrected chi connectivity index (χ3v) is 6.64. The van der Waals surface area contributed by atoms with E-state index in [4.69, 9.17) is 4.74 Å². The summed E-state index contributed by atoms with van der Waals surface area (Å²) in [4.78, 5) is 23.6. The standard InChI is InChI=1S/C22H25F3N4O2/c1-12-13(2)19(31-4)6-5-18(12)14(3)28-10-17-7-16(28)11-29(17)20(30)15-8-26-21(27-9-15)22(23,24)25/h5-6,8-9,14,16-17H,7,10-11H2,1-4H3/t14-,16+,17+/m0/s1. The predicted molar refractivity (Wildman–Crippen MR) is 108 cm³/mol. The van der Waals surface area contributed by atoms with Crippen molar-refractivity contribution in [3.63, 3.8) is 0 Å². The first kappa shape index (κ1) is 21.5. The van der Waals surface area contributed by atoms with Crippen molar-refractivity contribution < 1.29 is 22.7 Å². The Morgan fingerprint density at radius 1 is 1.13 bits per heavy atom. The minimum atomic E-state index is -4.62. The van der Waals surface area contributed by atoms with Crippen LogP contribution in [0, 0.1) is 13.8 Å². The van der Waals surface area contributed by atoms with Crippen LogP contribution in [-0.2, 0) is 6.18 Å². The zero-order chi connectivity index (χ0) is 22.5. The topological polar surface area (TPSA) is 58.6 Å². The van der Waals surface area contributed by atoms with Gasteiger partial charge in [0.15, 0.2) is 0 Å². The zero-order valence-corrected chi connectivity index (χ0v) is 17.9. The molecular weight excluding hydrogens is 409 g/mol. The van der Waals surface area contributed by atoms with Crippen molar-refractivity contribution in [3.05, 3.63) is 52.6 Å². The zero-order valence-electron chi connectivity index (χ0n) is 17.9. The molecule has 2 saturated heterocycles. The molecule has 0 aliphatic carbocycles. The number of halogens is 3. The molecule has 3 heterocycles. The lowest BCUT2D eigenvalue weighted by Crippen LogP contribution is -2.49. The van der Waals surface area contributed by atoms with Gasteiger partial charge in [-0.2, -0.15) is 13.2 Å². The van der Waals surface area contributed by atoms with Crippen molar-refractivity contribution in [3.8, 4) is 5.75 Å². The largest absolute Gasteiger partial charge is 0.496 e. The maximum atomic E-state index is 12.8. The molecule has 9 heteroatoms. The minimum absolute atomic E-state index is 0.0295. The van der Waals surface area contributed by atoms with Crippen molar-refractivity contribution in [2.75, 3.05) is 20.2 Å². The first-order chi connectivity index (χ1) is 14.6. The Bertz CT molecular complexity index is 993. The molecule has 3 atom stereocenters. The summed E-state index contributed by atoms with van der Waals surface area (Å²) in [7, 11) is 1.66. The summed E-state index contributed by atoms with van der Waals surface area (Å²) in [6.45, 7) is 7.59. The number of methoxy groups -OCH3 is 1. The molecule has 2 fully saturated rings. The van der Waals surface area contributed by atoms with Crippen molar-refractivity contribution in [1.82, 2.24) is 19.8 Å². The Balaban J connectivity index is 1.46. The van der Waals surface area contributed by atoms with E-state index in [-0.39, 0.29) is 29.6 Å². The molecule has 0 radical (unpaired) electrons. The fraction of sp³-hybridized carbons (Fsp3) is 0.500. The lowest BCUT2D eigenvalue weighted by Gasteiger charge is -2.38. The molecule has 2 bridgehead atoms. The van der Waals surface area contributed by atoms with Crippen molar-refractivity contribution in [1.29, 1.82) is 0 Å². The van der Waals surface area contributed by atoms with Crippen LogP contribution in [0.3, 0.4) is 0 Å². The highest BCUT2D eigenvalue weighted by atomic mass is 19.4. The fourth-order valence-electron chi connectivity index (χ4n) is 4.84. The van der Waals surface area contributed by atoms with Crippen molar-refractivity contribution in [2.24, 2.45) is 0 Å². The summed E-state index contributed by atoms with van der Waals surface area (Å²) < 4.78 is 43.4. The number of fused-ring (bicyclic) bond motifs is 2. The summed E-state index contributed by atoms with van der Waals surface area (Å²) in [6.07, 6.45) is -1.84. The van der Waals surface area contributed by atoms with E-state index >= 15 is 0 Å². The number of hydrogen-bond acceptors (Lipinski definition) is 5. The molecular formula is C22H25F3N4O2. The van der Waals surface area contributed by atoms with Crippen LogP contribution >= 0.6 is 0 Å². The van der Waals surface area contributed by atoms with E-state index in [1.807, 2.05) is 13.0 Å². The molecule has 2 aliphatic heterocycles. The summed E-state index contributed by atoms with van der Waals surface area (Å²) in [5.74, 6) is -0.686. The average molecular weight is 434 g/mol. The number of ether oxygens (including phenoxy) is 1. The average Bonchev–Trinajstić information content (AvgIpc) is 3.35. The highest BCUT2D eigenvalue weighted by molar-refractivity contribution is 5.94. The van der Waals surface area contributed by atoms with E-state index in [0.717, 1.165) is 36.7 Å². The number of benzene rings is 1. The number of carbonyl (C=O) groups excluding carboxylic acids is 1. The van der Waals surface area contributed by atoms with E-state index in [1.165, 1.54) is 11.1 Å². The number of hydrogen-bond donors (Lipinski definition) is 0. The Hall–Kier alpha value is -2.68. The van der Waals surface area contributed by atoms with Gasteiger partial charge in [-0.1, -0.05) is 6.07 Å². The summed E-state index contributed by atoms with van der Waals surface area (Å²) in [5, 5.41) is 0. The number of amides is 1. The number of piperazine rings is 1. The summed E-state index contributed by atoms with van der Waals surface area (Å²) >= 11 is 0. The highest BCUT2D eigenvalue weighted by Gasteiger charge is 2.47. The van der Waals surface area contributed by atoms with Gasteiger partial charge in [0.05, 0.1) is 12.7 Å². The number of carbonyl (C=O) groups is 1. The van der Waals surface area contributed by atoms with Crippen molar-refractivity contribution in [2.45, 2.75) is 51.5 Å². The summed E-state index contributed by atoms with van der Waals surface area (Å²) in [5.41, 5.74) is 3.64. The van der Waals surface area contributed by atoms with E-state index in [9.17, 15) is 18.0 Å². The molecule has 1 aromatic heterocycles. The summed E-state index contributed by atoms with van der Waals surface area (Å²) in [6, 6.07) is 4.51. The quantitative estimate of drug-likeness (QED) is 0.733. The normalized spacial score (nSPS) is 22.1. The third-order valence-electron chi connectivity index (χ3n) is 6.64. The molecule has 4 rings (SSSR count). The van der Waals surface area contributed by atoms with Gasteiger partial charge in [0.25, 0.3) is 5.91 Å². The minimum Gasteiger partial charge on any atom is -0.496 e. The Morgan fingerprint density at radius 2 is 1.81 bits per heavy atom. The highest BCUT2D eigenvalue weighted by Crippen LogP contribution is 2.39. The van der Waals surface area contributed by atoms with Gasteiger partial charge in [0, 0.05) is 43.6 Å². The molecule has 31 heavy (non-hydrogen) atoms. The van der Waals surface area contributed by atoms with Gasteiger partial charge >= 0.3 is 6.18 Å². The SMILES string of the molecule is COc1ccc([C@H](C)N2C[C@H]3C[C@@H]2CN3C(=O)c2cnc(C(F)(F)F)nc2)c(C)c1C. The molecule has 166 valence electrons. The molecule has 1 amide bonds. The van der Waals surface area contributed by atoms with Crippen molar-refractivity contribution >= 4 is 5.91 Å². The van der Waals surface area contributed by atoms with Gasteiger partial charge in [-0.3, -0.25) is 9.69 Å². The Labute approximate surface area is 179 Å². The van der Waals surface area contributed by atoms with Crippen LogP contribution in [0.2, 0.25) is 0 Å². The third kappa shape index (κ3) is 3.75. The van der Waals surface area contributed by atoms with Crippen LogP contribution in [0.1, 0.15) is 52.3 Å². The van der Waals surface area contributed by atoms with Crippen LogP contribution in [-0.4, -0.2) is 58.0 Å². The number of aromatic nitrogens is 2. The first-order valence-electron chi connectivity index (χ1n) is 10.2. The molecule has 2 aromatic rings. The van der Waals surface area contributed by atoms with Gasteiger partial charge in [0.1, 0.15) is 5.75 Å². The molecule has 6 nitrogen and oxygen atoms in total. The number of likely N-dealkylation sites (tertiary alicyclic amines) is 2. The van der Waals surface area contributed by atoms with Gasteiger partial charge in [0.2, 0.25) is 5.82 Å². The lowest BCUT2D eigenvalue weighted by molar-refractivity contribution is -0.145. The second kappa shape index (κ2) is 7.78. The maximum Gasteiger partial charge on any atom is 0.451 e. The van der Waals surface area contributed by atoms with Gasteiger partial charge in [-0.25, -0.2) is 9.97 Å². The van der Waals surface area contributed by atoms with Gasteiger partial charge in [-0.15, -0.1) is 0 Å². The number of alkyl halides is 3. The number of nitrogens with zero attached hydrogens (tertiary/aromatic N) is 4. The van der Waals surface area contributed by atoms with Gasteiger partial charge < -0.3 is 9.64 Å². The molecule has 1 aromatic carbocycles. The molecule has 0 N–H and O–H groups in total.